The van der Waals surface area contributed by atoms with Crippen molar-refractivity contribution in [1.82, 2.24) is 15.1 Å². The molecule has 2 aliphatic rings. The standard InChI is InChI=1S/C19H24F3N3O2/c1-11-7-15(19(20,21)22)16(24-23-11)6-5-14-9-12-8-13(12)10-25(14)17(26)27-18(2,3)4/h5-7,12-14H,8-10H2,1-4H3/b6-5+/t12-,13+,14-/m1/s1. The summed E-state index contributed by atoms with van der Waals surface area (Å²) in [5.74, 6) is 0.983. The van der Waals surface area contributed by atoms with Crippen molar-refractivity contribution in [2.24, 2.45) is 11.8 Å². The number of halogens is 3. The van der Waals surface area contributed by atoms with Crippen molar-refractivity contribution in [3.8, 4) is 0 Å². The molecule has 1 aromatic heterocycles. The topological polar surface area (TPSA) is 55.3 Å². The van der Waals surface area contributed by atoms with Crippen LogP contribution in [0, 0.1) is 18.8 Å². The van der Waals surface area contributed by atoms with E-state index in [1.807, 2.05) is 0 Å². The van der Waals surface area contributed by atoms with Gasteiger partial charge in [0.25, 0.3) is 0 Å². The van der Waals surface area contributed by atoms with Crippen LogP contribution in [0.1, 0.15) is 50.6 Å². The van der Waals surface area contributed by atoms with E-state index in [9.17, 15) is 18.0 Å². The Hall–Kier alpha value is -2.12. The number of amides is 1. The molecule has 0 aromatic carbocycles. The van der Waals surface area contributed by atoms with Crippen molar-refractivity contribution < 1.29 is 22.7 Å². The Morgan fingerprint density at radius 3 is 2.56 bits per heavy atom. The summed E-state index contributed by atoms with van der Waals surface area (Å²) >= 11 is 0. The first-order valence-electron chi connectivity index (χ1n) is 9.03. The Balaban J connectivity index is 1.83. The first-order valence-corrected chi connectivity index (χ1v) is 9.03. The van der Waals surface area contributed by atoms with Crippen LogP contribution in [0.15, 0.2) is 12.1 Å². The lowest BCUT2D eigenvalue weighted by Gasteiger charge is -2.35. The summed E-state index contributed by atoms with van der Waals surface area (Å²) in [4.78, 5) is 14.1. The third-order valence-electron chi connectivity index (χ3n) is 4.80. The van der Waals surface area contributed by atoms with Gasteiger partial charge in [0.15, 0.2) is 0 Å². The number of hydrogen-bond donors (Lipinski definition) is 0. The van der Waals surface area contributed by atoms with Gasteiger partial charge in [0, 0.05) is 6.54 Å². The number of ether oxygens (including phenoxy) is 1. The molecule has 0 bridgehead atoms. The van der Waals surface area contributed by atoms with Crippen LogP contribution in [-0.4, -0.2) is 39.4 Å². The van der Waals surface area contributed by atoms with Gasteiger partial charge < -0.3 is 9.64 Å². The highest BCUT2D eigenvalue weighted by Crippen LogP contribution is 2.47. The predicted molar refractivity (Wildman–Crippen MR) is 93.7 cm³/mol. The number of likely N-dealkylation sites (tertiary alicyclic amines) is 1. The SMILES string of the molecule is Cc1cc(C(F)(F)F)c(/C=C/[C@@H]2C[C@H]3C[C@H]3CN2C(=O)OC(C)(C)C)nn1. The molecule has 1 aliphatic heterocycles. The zero-order valence-electron chi connectivity index (χ0n) is 15.9. The van der Waals surface area contributed by atoms with Crippen LogP contribution in [0.25, 0.3) is 6.08 Å². The van der Waals surface area contributed by atoms with Crippen LogP contribution in [0.5, 0.6) is 0 Å². The molecular weight excluding hydrogens is 359 g/mol. The van der Waals surface area contributed by atoms with Crippen LogP contribution in [0.4, 0.5) is 18.0 Å². The number of hydrogen-bond acceptors (Lipinski definition) is 4. The minimum atomic E-state index is -4.51. The second-order valence-electron chi connectivity index (χ2n) is 8.33. The molecule has 1 aromatic rings. The first-order chi connectivity index (χ1) is 12.4. The minimum absolute atomic E-state index is 0.202. The summed E-state index contributed by atoms with van der Waals surface area (Å²) in [5.41, 5.74) is -1.49. The average Bonchev–Trinajstić information content (AvgIpc) is 3.28. The molecule has 0 unspecified atom stereocenters. The van der Waals surface area contributed by atoms with Gasteiger partial charge in [-0.15, -0.1) is 0 Å². The van der Waals surface area contributed by atoms with Crippen molar-refractivity contribution in [2.45, 2.75) is 58.4 Å². The normalized spacial score (nSPS) is 25.4. The van der Waals surface area contributed by atoms with Gasteiger partial charge in [0.1, 0.15) is 5.60 Å². The molecule has 1 saturated heterocycles. The highest BCUT2D eigenvalue weighted by Gasteiger charge is 2.47. The molecule has 2 heterocycles. The molecule has 0 spiro atoms. The molecule has 3 atom stereocenters. The van der Waals surface area contributed by atoms with E-state index in [1.54, 1.807) is 31.7 Å². The third kappa shape index (κ3) is 4.78. The number of aryl methyl sites for hydroxylation is 1. The van der Waals surface area contributed by atoms with Crippen molar-refractivity contribution in [1.29, 1.82) is 0 Å². The number of piperidine rings is 1. The van der Waals surface area contributed by atoms with E-state index in [0.717, 1.165) is 18.9 Å². The number of fused-ring (bicyclic) bond motifs is 1. The number of nitrogens with zero attached hydrogens (tertiary/aromatic N) is 3. The molecule has 27 heavy (non-hydrogen) atoms. The molecule has 1 aliphatic carbocycles. The van der Waals surface area contributed by atoms with Crippen LogP contribution >= 0.6 is 0 Å². The number of carbonyl (C=O) groups excluding carboxylic acids is 1. The Morgan fingerprint density at radius 1 is 1.22 bits per heavy atom. The lowest BCUT2D eigenvalue weighted by atomic mass is 10.0. The molecule has 3 rings (SSSR count). The van der Waals surface area contributed by atoms with Crippen molar-refractivity contribution in [2.75, 3.05) is 6.54 Å². The van der Waals surface area contributed by atoms with E-state index in [4.69, 9.17) is 4.74 Å². The molecule has 148 valence electrons. The van der Waals surface area contributed by atoms with Gasteiger partial charge in [-0.3, -0.25) is 0 Å². The maximum Gasteiger partial charge on any atom is 0.418 e. The molecule has 2 fully saturated rings. The first kappa shape index (κ1) is 19.6. The van der Waals surface area contributed by atoms with E-state index in [-0.39, 0.29) is 17.4 Å². The molecule has 1 saturated carbocycles. The highest BCUT2D eigenvalue weighted by atomic mass is 19.4. The third-order valence-corrected chi connectivity index (χ3v) is 4.80. The Bertz CT molecular complexity index is 756. The van der Waals surface area contributed by atoms with Crippen molar-refractivity contribution in [3.05, 3.63) is 29.1 Å². The monoisotopic (exact) mass is 383 g/mol. The maximum atomic E-state index is 13.3. The van der Waals surface area contributed by atoms with Crippen LogP contribution < -0.4 is 0 Å². The van der Waals surface area contributed by atoms with Gasteiger partial charge in [-0.1, -0.05) is 6.08 Å². The molecule has 1 amide bonds. The Morgan fingerprint density at radius 2 is 1.93 bits per heavy atom. The van der Waals surface area contributed by atoms with Gasteiger partial charge in [-0.25, -0.2) is 4.79 Å². The van der Waals surface area contributed by atoms with Crippen molar-refractivity contribution in [3.63, 3.8) is 0 Å². The van der Waals surface area contributed by atoms with Gasteiger partial charge >= 0.3 is 12.3 Å². The minimum Gasteiger partial charge on any atom is -0.444 e. The van der Waals surface area contributed by atoms with Crippen molar-refractivity contribution >= 4 is 12.2 Å². The highest BCUT2D eigenvalue weighted by molar-refractivity contribution is 5.69. The second kappa shape index (κ2) is 6.80. The fourth-order valence-electron chi connectivity index (χ4n) is 3.41. The van der Waals surface area contributed by atoms with Crippen LogP contribution in [0.2, 0.25) is 0 Å². The Labute approximate surface area is 156 Å². The maximum absolute atomic E-state index is 13.3. The fourth-order valence-corrected chi connectivity index (χ4v) is 3.41. The predicted octanol–water partition coefficient (Wildman–Crippen LogP) is 4.46. The lowest BCUT2D eigenvalue weighted by molar-refractivity contribution is -0.138. The largest absolute Gasteiger partial charge is 0.444 e. The molecule has 8 heteroatoms. The van der Waals surface area contributed by atoms with E-state index in [1.165, 1.54) is 13.0 Å². The summed E-state index contributed by atoms with van der Waals surface area (Å²) in [6.45, 7) is 7.40. The quantitative estimate of drug-likeness (QED) is 0.757. The zero-order chi connectivity index (χ0) is 20.0. The summed E-state index contributed by atoms with van der Waals surface area (Å²) < 4.78 is 45.3. The fraction of sp³-hybridized carbons (Fsp3) is 0.632. The second-order valence-corrected chi connectivity index (χ2v) is 8.33. The van der Waals surface area contributed by atoms with Gasteiger partial charge in [-0.2, -0.15) is 23.4 Å². The summed E-state index contributed by atoms with van der Waals surface area (Å²) in [6.07, 6.45) is -0.247. The molecule has 5 nitrogen and oxygen atoms in total. The molecule has 0 radical (unpaired) electrons. The zero-order valence-corrected chi connectivity index (χ0v) is 15.9. The average molecular weight is 383 g/mol. The summed E-state index contributed by atoms with van der Waals surface area (Å²) in [6, 6.07) is 0.670. The van der Waals surface area contributed by atoms with E-state index >= 15 is 0 Å². The van der Waals surface area contributed by atoms with E-state index < -0.39 is 23.4 Å². The lowest BCUT2D eigenvalue weighted by Crippen LogP contribution is -2.46. The van der Waals surface area contributed by atoms with Gasteiger partial charge in [-0.05, 0) is 64.5 Å². The molecular formula is C19H24F3N3O2. The van der Waals surface area contributed by atoms with E-state index in [0.29, 0.717) is 18.4 Å². The van der Waals surface area contributed by atoms with E-state index in [2.05, 4.69) is 10.2 Å². The van der Waals surface area contributed by atoms with Gasteiger partial charge in [0.2, 0.25) is 0 Å². The number of rotatable bonds is 2. The Kier molecular flexibility index (Phi) is 4.94. The number of carbonyl (C=O) groups is 1. The smallest absolute Gasteiger partial charge is 0.418 e. The van der Waals surface area contributed by atoms with Crippen LogP contribution in [-0.2, 0) is 10.9 Å². The van der Waals surface area contributed by atoms with Gasteiger partial charge in [0.05, 0.1) is 23.0 Å². The van der Waals surface area contributed by atoms with Crippen LogP contribution in [0.3, 0.4) is 0 Å². The number of alkyl halides is 3. The summed E-state index contributed by atoms with van der Waals surface area (Å²) in [7, 11) is 0. The summed E-state index contributed by atoms with van der Waals surface area (Å²) in [5, 5.41) is 7.43. The number of aromatic nitrogens is 2. The molecule has 0 N–H and O–H groups in total.